The number of amides is 1. The maximum atomic E-state index is 12.4. The van der Waals surface area contributed by atoms with Crippen molar-refractivity contribution in [3.63, 3.8) is 0 Å². The van der Waals surface area contributed by atoms with Gasteiger partial charge < -0.3 is 23.8 Å². The van der Waals surface area contributed by atoms with Crippen LogP contribution in [0.15, 0.2) is 63.6 Å². The fourth-order valence-electron chi connectivity index (χ4n) is 3.15. The number of hydrogen-bond donors (Lipinski definition) is 1. The van der Waals surface area contributed by atoms with Gasteiger partial charge in [0, 0.05) is 30.2 Å². The molecule has 0 atom stereocenters. The Morgan fingerprint density at radius 1 is 0.903 bits per heavy atom. The Kier molecular flexibility index (Phi) is 5.05. The number of nitrogens with one attached hydrogen (secondary N) is 1. The van der Waals surface area contributed by atoms with Gasteiger partial charge >= 0.3 is 0 Å². The smallest absolute Gasteiger partial charge is 0.273 e. The fourth-order valence-corrected chi connectivity index (χ4v) is 3.15. The summed E-state index contributed by atoms with van der Waals surface area (Å²) in [6.07, 6.45) is 0.401. The largest absolute Gasteiger partial charge is 0.486 e. The predicted molar refractivity (Wildman–Crippen MR) is 109 cm³/mol. The predicted octanol–water partition coefficient (Wildman–Crippen LogP) is 3.14. The number of carbonyl (C=O) groups excluding carboxylic acids is 1. The minimum absolute atomic E-state index is 0.181. The molecule has 0 saturated heterocycles. The van der Waals surface area contributed by atoms with Gasteiger partial charge in [0.25, 0.3) is 5.91 Å². The molecule has 1 aliphatic heterocycles. The molecule has 0 aliphatic carbocycles. The van der Waals surface area contributed by atoms with Gasteiger partial charge in [-0.25, -0.2) is 0 Å². The van der Waals surface area contributed by atoms with Gasteiger partial charge in [-0.05, 0) is 18.2 Å². The van der Waals surface area contributed by atoms with Gasteiger partial charge in [0.15, 0.2) is 23.0 Å². The summed E-state index contributed by atoms with van der Waals surface area (Å²) in [5, 5.41) is 10.6. The highest BCUT2D eigenvalue weighted by Crippen LogP contribution is 2.34. The van der Waals surface area contributed by atoms with Crippen LogP contribution in [0.5, 0.6) is 11.5 Å². The number of nitrogens with zero attached hydrogens (tertiary/aromatic N) is 3. The molecular weight excluding hydrogens is 400 g/mol. The Morgan fingerprint density at radius 2 is 1.74 bits per heavy atom. The van der Waals surface area contributed by atoms with E-state index in [0.717, 1.165) is 11.1 Å². The zero-order chi connectivity index (χ0) is 21.0. The molecule has 9 nitrogen and oxygen atoms in total. The van der Waals surface area contributed by atoms with Gasteiger partial charge in [-0.3, -0.25) is 4.79 Å². The van der Waals surface area contributed by atoms with Gasteiger partial charge in [0.05, 0.1) is 0 Å². The Labute approximate surface area is 177 Å². The molecule has 9 heteroatoms. The lowest BCUT2D eigenvalue weighted by molar-refractivity contribution is 0.0944. The molecule has 156 valence electrons. The minimum atomic E-state index is -0.352. The fraction of sp³-hybridized carbons (Fsp3) is 0.182. The van der Waals surface area contributed by atoms with E-state index in [4.69, 9.17) is 18.5 Å². The summed E-state index contributed by atoms with van der Waals surface area (Å²) in [7, 11) is 0. The number of ether oxygens (including phenoxy) is 2. The molecule has 0 unspecified atom stereocenters. The first-order valence-corrected chi connectivity index (χ1v) is 9.79. The third kappa shape index (κ3) is 4.11. The van der Waals surface area contributed by atoms with Crippen LogP contribution >= 0.6 is 0 Å². The van der Waals surface area contributed by atoms with Crippen LogP contribution in [0.4, 0.5) is 0 Å². The van der Waals surface area contributed by atoms with Crippen LogP contribution in [0.2, 0.25) is 0 Å². The Hall–Kier alpha value is -4.14. The third-order valence-corrected chi connectivity index (χ3v) is 4.69. The molecule has 0 fully saturated rings. The van der Waals surface area contributed by atoms with Crippen molar-refractivity contribution in [1.29, 1.82) is 0 Å². The van der Waals surface area contributed by atoms with Crippen molar-refractivity contribution in [2.45, 2.75) is 6.42 Å². The number of carbonyl (C=O) groups is 1. The number of aromatic nitrogens is 3. The Bertz CT molecular complexity index is 1200. The van der Waals surface area contributed by atoms with Gasteiger partial charge in [-0.2, -0.15) is 4.98 Å². The summed E-state index contributed by atoms with van der Waals surface area (Å²) >= 11 is 0. The standard InChI is InChI=1S/C22H18N4O5/c27-22(23-9-8-20-24-21(26-31-20)14-4-2-1-3-5-14)16-13-18(30-25-16)15-6-7-17-19(12-15)29-11-10-28-17/h1-7,12-13H,8-11H2,(H,23,27). The maximum absolute atomic E-state index is 12.4. The second-order valence-corrected chi connectivity index (χ2v) is 6.82. The summed E-state index contributed by atoms with van der Waals surface area (Å²) in [6, 6.07) is 16.6. The lowest BCUT2D eigenvalue weighted by atomic mass is 10.1. The highest BCUT2D eigenvalue weighted by Gasteiger charge is 2.17. The van der Waals surface area contributed by atoms with Crippen LogP contribution in [0, 0.1) is 0 Å². The zero-order valence-corrected chi connectivity index (χ0v) is 16.4. The normalized spacial score (nSPS) is 12.5. The molecule has 0 bridgehead atoms. The molecule has 2 aromatic heterocycles. The molecule has 4 aromatic rings. The van der Waals surface area contributed by atoms with E-state index in [1.54, 1.807) is 18.2 Å². The Balaban J connectivity index is 1.18. The van der Waals surface area contributed by atoms with E-state index in [9.17, 15) is 4.79 Å². The molecule has 2 aromatic carbocycles. The third-order valence-electron chi connectivity index (χ3n) is 4.69. The van der Waals surface area contributed by atoms with E-state index in [1.165, 1.54) is 0 Å². The molecule has 1 amide bonds. The number of fused-ring (bicyclic) bond motifs is 1. The lowest BCUT2D eigenvalue weighted by Crippen LogP contribution is -2.26. The van der Waals surface area contributed by atoms with Gasteiger partial charge in [0.2, 0.25) is 11.7 Å². The van der Waals surface area contributed by atoms with Crippen molar-refractivity contribution >= 4 is 5.91 Å². The van der Waals surface area contributed by atoms with Crippen molar-refractivity contribution in [2.75, 3.05) is 19.8 Å². The quantitative estimate of drug-likeness (QED) is 0.508. The molecule has 1 N–H and O–H groups in total. The zero-order valence-electron chi connectivity index (χ0n) is 16.4. The Morgan fingerprint density at radius 3 is 2.61 bits per heavy atom. The average molecular weight is 418 g/mol. The van der Waals surface area contributed by atoms with Crippen LogP contribution in [0.1, 0.15) is 16.4 Å². The molecule has 0 saturated carbocycles. The highest BCUT2D eigenvalue weighted by atomic mass is 16.6. The number of benzene rings is 2. The molecule has 0 spiro atoms. The van der Waals surface area contributed by atoms with E-state index in [1.807, 2.05) is 36.4 Å². The average Bonchev–Trinajstić information content (AvgIpc) is 3.50. The molecule has 5 rings (SSSR count). The summed E-state index contributed by atoms with van der Waals surface area (Å²) in [5.41, 5.74) is 1.80. The number of rotatable bonds is 6. The van der Waals surface area contributed by atoms with Gasteiger partial charge in [-0.15, -0.1) is 0 Å². The molecule has 1 aliphatic rings. The van der Waals surface area contributed by atoms with Crippen molar-refractivity contribution in [3.05, 3.63) is 66.2 Å². The molecule has 0 radical (unpaired) electrons. The van der Waals surface area contributed by atoms with Crippen molar-refractivity contribution in [1.82, 2.24) is 20.6 Å². The van der Waals surface area contributed by atoms with Crippen molar-refractivity contribution in [3.8, 4) is 34.2 Å². The van der Waals surface area contributed by atoms with Gasteiger partial charge in [0.1, 0.15) is 13.2 Å². The molecular formula is C22H18N4O5. The van der Waals surface area contributed by atoms with Crippen LogP contribution in [0.3, 0.4) is 0 Å². The van der Waals surface area contributed by atoms with Gasteiger partial charge in [-0.1, -0.05) is 40.6 Å². The SMILES string of the molecule is O=C(NCCc1nc(-c2ccccc2)no1)c1cc(-c2ccc3c(c2)OCCO3)on1. The van der Waals surface area contributed by atoms with Crippen molar-refractivity contribution in [2.24, 2.45) is 0 Å². The molecule has 3 heterocycles. The second kappa shape index (κ2) is 8.31. The summed E-state index contributed by atoms with van der Waals surface area (Å²) < 4.78 is 21.7. The van der Waals surface area contributed by atoms with Crippen LogP contribution in [0.25, 0.3) is 22.7 Å². The first-order chi connectivity index (χ1) is 15.3. The summed E-state index contributed by atoms with van der Waals surface area (Å²) in [4.78, 5) is 16.7. The van der Waals surface area contributed by atoms with Crippen molar-refractivity contribution < 1.29 is 23.3 Å². The monoisotopic (exact) mass is 418 g/mol. The maximum Gasteiger partial charge on any atom is 0.273 e. The van der Waals surface area contributed by atoms with E-state index >= 15 is 0 Å². The minimum Gasteiger partial charge on any atom is -0.486 e. The topological polar surface area (TPSA) is 113 Å². The van der Waals surface area contributed by atoms with Crippen LogP contribution in [-0.2, 0) is 6.42 Å². The van der Waals surface area contributed by atoms with E-state index in [0.29, 0.717) is 55.2 Å². The lowest BCUT2D eigenvalue weighted by Gasteiger charge is -2.18. The number of hydrogen-bond acceptors (Lipinski definition) is 8. The summed E-state index contributed by atoms with van der Waals surface area (Å²) in [5.74, 6) is 2.39. The van der Waals surface area contributed by atoms with Crippen LogP contribution in [-0.4, -0.2) is 41.0 Å². The summed E-state index contributed by atoms with van der Waals surface area (Å²) in [6.45, 7) is 1.34. The second-order valence-electron chi connectivity index (χ2n) is 6.82. The van der Waals surface area contributed by atoms with E-state index < -0.39 is 0 Å². The highest BCUT2D eigenvalue weighted by molar-refractivity contribution is 5.93. The van der Waals surface area contributed by atoms with E-state index in [-0.39, 0.29) is 11.6 Å². The first kappa shape index (κ1) is 18.9. The van der Waals surface area contributed by atoms with E-state index in [2.05, 4.69) is 20.6 Å². The first-order valence-electron chi connectivity index (χ1n) is 9.79. The molecule has 31 heavy (non-hydrogen) atoms. The van der Waals surface area contributed by atoms with Crippen LogP contribution < -0.4 is 14.8 Å².